The zero-order chi connectivity index (χ0) is 35.1. The van der Waals surface area contributed by atoms with Crippen LogP contribution in [0, 0.1) is 19.8 Å². The number of ether oxygens (including phenoxy) is 2. The van der Waals surface area contributed by atoms with Crippen LogP contribution in [-0.4, -0.2) is 98.1 Å². The van der Waals surface area contributed by atoms with Crippen molar-refractivity contribution in [2.24, 2.45) is 5.92 Å². The number of halogens is 3. The fourth-order valence-electron chi connectivity index (χ4n) is 5.32. The maximum Gasteiger partial charge on any atom is 0.389 e. The number of aromatic nitrogens is 1. The molecule has 0 spiro atoms. The first-order valence-electron chi connectivity index (χ1n) is 15.5. The molecular weight excluding hydrogens is 645 g/mol. The molecule has 0 unspecified atom stereocenters. The molecule has 1 aromatic heterocycles. The summed E-state index contributed by atoms with van der Waals surface area (Å²) < 4.78 is 84.5. The quantitative estimate of drug-likeness (QED) is 0.382. The van der Waals surface area contributed by atoms with Gasteiger partial charge in [0.15, 0.2) is 10.7 Å². The summed E-state index contributed by atoms with van der Waals surface area (Å²) in [5, 5.41) is 13.8. The number of carbonyl (C=O) groups excluding carboxylic acids is 2. The number of amides is 2. The number of aliphatic hydroxyl groups is 1. The minimum atomic E-state index is -4.46. The zero-order valence-corrected chi connectivity index (χ0v) is 28.4. The van der Waals surface area contributed by atoms with Crippen LogP contribution < -0.4 is 9.46 Å². The number of carbonyl (C=O) groups is 2. The predicted molar refractivity (Wildman–Crippen MR) is 167 cm³/mol. The Kier molecular flexibility index (Phi) is 13.1. The highest BCUT2D eigenvalue weighted by molar-refractivity contribution is 7.92. The SMILES string of the molecule is Cc1noc(C)c1S(=O)(=O)Nc1ccc2c(c1)C(=O)N([C@H](C)CO)C[C@@H](C)[C@@H](CN(C)C(=O)CCC(F)(F)F)OCCCC[C@@H](C)O2. The normalized spacial score (nSPS) is 20.9. The number of anilines is 1. The third kappa shape index (κ3) is 10.6. The number of aliphatic hydroxyl groups excluding tert-OH is 1. The molecule has 2 heterocycles. The van der Waals surface area contributed by atoms with Gasteiger partial charge < -0.3 is 28.9 Å². The Morgan fingerprint density at radius 2 is 1.94 bits per heavy atom. The van der Waals surface area contributed by atoms with Crippen molar-refractivity contribution in [3.63, 3.8) is 0 Å². The van der Waals surface area contributed by atoms with E-state index in [0.717, 1.165) is 0 Å². The van der Waals surface area contributed by atoms with Gasteiger partial charge in [-0.25, -0.2) is 8.42 Å². The van der Waals surface area contributed by atoms with Crippen molar-refractivity contribution in [3.8, 4) is 5.75 Å². The molecule has 4 atom stereocenters. The minimum Gasteiger partial charge on any atom is -0.490 e. The van der Waals surface area contributed by atoms with Crippen molar-refractivity contribution in [2.45, 2.75) is 96.0 Å². The molecule has 0 saturated carbocycles. The zero-order valence-electron chi connectivity index (χ0n) is 27.6. The molecule has 264 valence electrons. The van der Waals surface area contributed by atoms with E-state index in [9.17, 15) is 36.3 Å². The van der Waals surface area contributed by atoms with Gasteiger partial charge in [0.05, 0.1) is 36.8 Å². The Hall–Kier alpha value is -3.37. The molecule has 0 radical (unpaired) electrons. The average Bonchev–Trinajstić information content (AvgIpc) is 3.34. The van der Waals surface area contributed by atoms with Gasteiger partial charge >= 0.3 is 6.18 Å². The van der Waals surface area contributed by atoms with Crippen LogP contribution in [0.25, 0.3) is 0 Å². The lowest BCUT2D eigenvalue weighted by atomic mass is 10.0. The van der Waals surface area contributed by atoms with Crippen LogP contribution in [0.2, 0.25) is 0 Å². The first-order valence-corrected chi connectivity index (χ1v) is 17.0. The molecule has 16 heteroatoms. The van der Waals surface area contributed by atoms with Crippen LogP contribution in [0.5, 0.6) is 5.75 Å². The van der Waals surface area contributed by atoms with Crippen LogP contribution in [0.15, 0.2) is 27.6 Å². The second-order valence-corrected chi connectivity index (χ2v) is 13.8. The third-order valence-electron chi connectivity index (χ3n) is 8.04. The van der Waals surface area contributed by atoms with Gasteiger partial charge in [0, 0.05) is 44.8 Å². The number of alkyl halides is 3. The van der Waals surface area contributed by atoms with Gasteiger partial charge in [0.25, 0.3) is 15.9 Å². The summed E-state index contributed by atoms with van der Waals surface area (Å²) in [6, 6.07) is 3.67. The van der Waals surface area contributed by atoms with Gasteiger partial charge in [0.1, 0.15) is 11.4 Å². The first-order chi connectivity index (χ1) is 21.9. The van der Waals surface area contributed by atoms with Crippen molar-refractivity contribution >= 4 is 27.5 Å². The molecule has 1 aliphatic heterocycles. The molecule has 0 fully saturated rings. The number of rotatable bonds is 9. The lowest BCUT2D eigenvalue weighted by molar-refractivity contribution is -0.149. The van der Waals surface area contributed by atoms with E-state index in [2.05, 4.69) is 9.88 Å². The molecule has 2 aromatic rings. The van der Waals surface area contributed by atoms with Crippen LogP contribution in [0.3, 0.4) is 0 Å². The molecule has 0 aliphatic carbocycles. The highest BCUT2D eigenvalue weighted by Crippen LogP contribution is 2.30. The number of likely N-dealkylation sites (N-methyl/N-ethyl adjacent to an activating group) is 1. The molecule has 0 saturated heterocycles. The van der Waals surface area contributed by atoms with Gasteiger partial charge in [-0.2, -0.15) is 13.2 Å². The number of nitrogens with zero attached hydrogens (tertiary/aromatic N) is 3. The first kappa shape index (κ1) is 38.1. The third-order valence-corrected chi connectivity index (χ3v) is 9.67. The number of sulfonamides is 1. The van der Waals surface area contributed by atoms with Gasteiger partial charge in [0.2, 0.25) is 5.91 Å². The Morgan fingerprint density at radius 1 is 1.23 bits per heavy atom. The summed E-state index contributed by atoms with van der Waals surface area (Å²) in [5.41, 5.74) is 0.305. The summed E-state index contributed by atoms with van der Waals surface area (Å²) >= 11 is 0. The largest absolute Gasteiger partial charge is 0.490 e. The molecule has 12 nitrogen and oxygen atoms in total. The number of hydrogen-bond donors (Lipinski definition) is 2. The summed E-state index contributed by atoms with van der Waals surface area (Å²) in [7, 11) is -2.72. The maximum atomic E-state index is 14.3. The summed E-state index contributed by atoms with van der Waals surface area (Å²) in [4.78, 5) is 29.3. The molecule has 47 heavy (non-hydrogen) atoms. The van der Waals surface area contributed by atoms with Crippen LogP contribution in [-0.2, 0) is 19.6 Å². The van der Waals surface area contributed by atoms with Gasteiger partial charge in [-0.05, 0) is 65.2 Å². The Balaban J connectivity index is 1.97. The summed E-state index contributed by atoms with van der Waals surface area (Å²) in [5.74, 6) is -1.34. The van der Waals surface area contributed by atoms with E-state index in [1.54, 1.807) is 13.8 Å². The van der Waals surface area contributed by atoms with E-state index in [1.807, 2.05) is 6.92 Å². The number of nitrogens with one attached hydrogen (secondary N) is 1. The van der Waals surface area contributed by atoms with E-state index < -0.39 is 65.5 Å². The second kappa shape index (κ2) is 16.2. The lowest BCUT2D eigenvalue weighted by Gasteiger charge is -2.36. The van der Waals surface area contributed by atoms with Crippen molar-refractivity contribution in [2.75, 3.05) is 38.1 Å². The van der Waals surface area contributed by atoms with Crippen molar-refractivity contribution in [3.05, 3.63) is 35.2 Å². The Morgan fingerprint density at radius 3 is 2.55 bits per heavy atom. The minimum absolute atomic E-state index is 0.00285. The van der Waals surface area contributed by atoms with Gasteiger partial charge in [-0.1, -0.05) is 12.1 Å². The molecule has 2 amide bonds. The van der Waals surface area contributed by atoms with Crippen molar-refractivity contribution in [1.29, 1.82) is 0 Å². The van der Waals surface area contributed by atoms with E-state index in [0.29, 0.717) is 25.9 Å². The van der Waals surface area contributed by atoms with E-state index in [-0.39, 0.29) is 52.5 Å². The maximum absolute atomic E-state index is 14.3. The lowest BCUT2D eigenvalue weighted by Crippen LogP contribution is -2.48. The van der Waals surface area contributed by atoms with Crippen molar-refractivity contribution in [1.82, 2.24) is 15.0 Å². The molecular formula is C31H45F3N4O8S. The van der Waals surface area contributed by atoms with Crippen LogP contribution >= 0.6 is 0 Å². The fourth-order valence-corrected chi connectivity index (χ4v) is 6.71. The second-order valence-electron chi connectivity index (χ2n) is 12.2. The van der Waals surface area contributed by atoms with Crippen LogP contribution in [0.4, 0.5) is 18.9 Å². The van der Waals surface area contributed by atoms with E-state index >= 15 is 0 Å². The standard InChI is InChI=1S/C31H45F3N4O8S/c1-19-16-38(20(2)18-39)30(41)25-15-24(36-47(42,43)29-22(4)35-46-23(29)5)10-11-26(25)45-21(3)9-7-8-14-44-27(19)17-37(6)28(40)12-13-31(32,33)34/h10-11,15,19-21,27,36,39H,7-9,12-14,16-18H2,1-6H3/t19-,20-,21-,27-/m1/s1. The Labute approximate surface area is 273 Å². The van der Waals surface area contributed by atoms with E-state index in [1.165, 1.54) is 48.9 Å². The number of hydrogen-bond acceptors (Lipinski definition) is 9. The average molecular weight is 691 g/mol. The monoisotopic (exact) mass is 690 g/mol. The molecule has 2 N–H and O–H groups in total. The molecule has 3 rings (SSSR count). The topological polar surface area (TPSA) is 152 Å². The highest BCUT2D eigenvalue weighted by Gasteiger charge is 2.33. The smallest absolute Gasteiger partial charge is 0.389 e. The van der Waals surface area contributed by atoms with Crippen molar-refractivity contribution < 1.29 is 50.3 Å². The Bertz CT molecular complexity index is 1460. The fraction of sp³-hybridized carbons (Fsp3) is 0.645. The molecule has 1 aliphatic rings. The molecule has 0 bridgehead atoms. The summed E-state index contributed by atoms with van der Waals surface area (Å²) in [6.07, 6.45) is -5.40. The summed E-state index contributed by atoms with van der Waals surface area (Å²) in [6.45, 7) is 8.21. The number of benzene rings is 1. The predicted octanol–water partition coefficient (Wildman–Crippen LogP) is 4.69. The highest BCUT2D eigenvalue weighted by atomic mass is 32.2. The van der Waals surface area contributed by atoms with Gasteiger partial charge in [-0.3, -0.25) is 14.3 Å². The number of fused-ring (bicyclic) bond motifs is 1. The number of aryl methyl sites for hydroxylation is 2. The van der Waals surface area contributed by atoms with Crippen LogP contribution in [0.1, 0.15) is 74.7 Å². The van der Waals surface area contributed by atoms with E-state index in [4.69, 9.17) is 14.0 Å². The molecule has 1 aromatic carbocycles. The van der Waals surface area contributed by atoms with Gasteiger partial charge in [-0.15, -0.1) is 0 Å².